The summed E-state index contributed by atoms with van der Waals surface area (Å²) in [5.74, 6) is 1.89. The fourth-order valence-corrected chi connectivity index (χ4v) is 4.09. The van der Waals surface area contributed by atoms with Gasteiger partial charge in [0, 0.05) is 18.2 Å². The number of allylic oxidation sites excluding steroid dienone is 3. The molecule has 0 aliphatic carbocycles. The van der Waals surface area contributed by atoms with Crippen molar-refractivity contribution in [1.82, 2.24) is 15.2 Å². The summed E-state index contributed by atoms with van der Waals surface area (Å²) in [6, 6.07) is 13.5. The molecule has 2 heterocycles. The molecule has 1 aliphatic rings. The first-order valence-electron chi connectivity index (χ1n) is 11.9. The van der Waals surface area contributed by atoms with E-state index < -0.39 is 0 Å². The van der Waals surface area contributed by atoms with Gasteiger partial charge in [0.25, 0.3) is 5.91 Å². The number of nitrogens with one attached hydrogen (secondary N) is 1. The average Bonchev–Trinajstić information content (AvgIpc) is 2.86. The maximum Gasteiger partial charge on any atom is 0.251 e. The number of nitrogen functional groups attached to an aromatic ring is 1. The van der Waals surface area contributed by atoms with Crippen LogP contribution in [0.4, 0.5) is 5.82 Å². The fraction of sp³-hybridized carbons (Fsp3) is 0.407. The Bertz CT molecular complexity index is 996. The third-order valence-electron chi connectivity index (χ3n) is 6.01. The number of benzene rings is 1. The summed E-state index contributed by atoms with van der Waals surface area (Å²) in [4.78, 5) is 19.1. The van der Waals surface area contributed by atoms with Gasteiger partial charge >= 0.3 is 0 Å². The topological polar surface area (TPSA) is 89.7 Å². The van der Waals surface area contributed by atoms with E-state index >= 15 is 0 Å². The van der Waals surface area contributed by atoms with Crippen molar-refractivity contribution in [3.8, 4) is 5.88 Å². The zero-order valence-corrected chi connectivity index (χ0v) is 20.4. The van der Waals surface area contributed by atoms with Crippen LogP contribution in [0.25, 0.3) is 5.57 Å². The van der Waals surface area contributed by atoms with E-state index in [1.54, 1.807) is 19.2 Å². The van der Waals surface area contributed by atoms with Gasteiger partial charge in [0.05, 0.1) is 20.3 Å². The Morgan fingerprint density at radius 1 is 1.21 bits per heavy atom. The third-order valence-corrected chi connectivity index (χ3v) is 6.01. The molecule has 7 heteroatoms. The Balaban J connectivity index is 1.49. The first-order chi connectivity index (χ1) is 16.5. The number of carbonyl (C=O) groups excluding carboxylic acids is 1. The van der Waals surface area contributed by atoms with Gasteiger partial charge in [0.15, 0.2) is 0 Å². The quantitative estimate of drug-likeness (QED) is 0.406. The van der Waals surface area contributed by atoms with Gasteiger partial charge in [-0.3, -0.25) is 9.69 Å². The van der Waals surface area contributed by atoms with Crippen LogP contribution in [0, 0.1) is 5.92 Å². The second kappa shape index (κ2) is 12.8. The van der Waals surface area contributed by atoms with E-state index in [2.05, 4.69) is 39.5 Å². The van der Waals surface area contributed by atoms with E-state index in [1.807, 2.05) is 32.0 Å². The summed E-state index contributed by atoms with van der Waals surface area (Å²) in [6.07, 6.45) is 6.28. The minimum Gasteiger partial charge on any atom is -0.500 e. The number of nitrogens with zero attached hydrogens (tertiary/aromatic N) is 2. The number of anilines is 1. The summed E-state index contributed by atoms with van der Waals surface area (Å²) < 4.78 is 11.1. The minimum atomic E-state index is -0.151. The number of methoxy groups -OCH3 is 1. The molecular formula is C27H36N4O3. The SMILES string of the molecule is C/C=C(\C=C(\CN1CCC(CNC(=O)c2cc(N)nc(OCC)c2)CC1)OC)c1ccccc1. The summed E-state index contributed by atoms with van der Waals surface area (Å²) in [5.41, 5.74) is 8.61. The molecule has 0 saturated carbocycles. The molecule has 7 nitrogen and oxygen atoms in total. The first-order valence-corrected chi connectivity index (χ1v) is 11.9. The van der Waals surface area contributed by atoms with Crippen molar-refractivity contribution < 1.29 is 14.3 Å². The van der Waals surface area contributed by atoms with Crippen LogP contribution < -0.4 is 15.8 Å². The molecule has 1 saturated heterocycles. The van der Waals surface area contributed by atoms with Crippen LogP contribution in [0.5, 0.6) is 5.88 Å². The van der Waals surface area contributed by atoms with Gasteiger partial charge in [0.1, 0.15) is 11.6 Å². The Hall–Kier alpha value is -3.32. The van der Waals surface area contributed by atoms with Crippen LogP contribution >= 0.6 is 0 Å². The molecule has 0 radical (unpaired) electrons. The molecule has 0 atom stereocenters. The van der Waals surface area contributed by atoms with Crippen LogP contribution in [-0.2, 0) is 4.74 Å². The number of amides is 1. The highest BCUT2D eigenvalue weighted by Gasteiger charge is 2.21. The fourth-order valence-electron chi connectivity index (χ4n) is 4.09. The summed E-state index contributed by atoms with van der Waals surface area (Å²) in [6.45, 7) is 7.73. The van der Waals surface area contributed by atoms with E-state index in [4.69, 9.17) is 15.2 Å². The number of piperidine rings is 1. The number of pyridine rings is 1. The molecule has 1 aromatic heterocycles. The van der Waals surface area contributed by atoms with Gasteiger partial charge in [-0.15, -0.1) is 0 Å². The predicted molar refractivity (Wildman–Crippen MR) is 137 cm³/mol. The normalized spacial score (nSPS) is 15.7. The Kier molecular flexibility index (Phi) is 9.52. The van der Waals surface area contributed by atoms with Crippen LogP contribution in [0.15, 0.2) is 60.4 Å². The number of likely N-dealkylation sites (tertiary alicyclic amines) is 1. The van der Waals surface area contributed by atoms with Crippen LogP contribution in [0.2, 0.25) is 0 Å². The molecule has 3 N–H and O–H groups in total. The lowest BCUT2D eigenvalue weighted by atomic mass is 9.96. The maximum absolute atomic E-state index is 12.6. The van der Waals surface area contributed by atoms with Crippen molar-refractivity contribution in [2.45, 2.75) is 26.7 Å². The largest absolute Gasteiger partial charge is 0.500 e. The van der Waals surface area contributed by atoms with E-state index in [-0.39, 0.29) is 11.7 Å². The molecule has 0 spiro atoms. The van der Waals surface area contributed by atoms with Gasteiger partial charge < -0.3 is 20.5 Å². The summed E-state index contributed by atoms with van der Waals surface area (Å²) >= 11 is 0. The number of rotatable bonds is 10. The Morgan fingerprint density at radius 2 is 1.94 bits per heavy atom. The number of hydrogen-bond donors (Lipinski definition) is 2. The molecule has 1 fully saturated rings. The zero-order valence-electron chi connectivity index (χ0n) is 20.4. The second-order valence-corrected chi connectivity index (χ2v) is 8.41. The Labute approximate surface area is 202 Å². The third kappa shape index (κ3) is 7.35. The molecule has 34 heavy (non-hydrogen) atoms. The number of hydrogen-bond acceptors (Lipinski definition) is 6. The van der Waals surface area contributed by atoms with Crippen molar-refractivity contribution in [3.63, 3.8) is 0 Å². The highest BCUT2D eigenvalue weighted by Crippen LogP contribution is 2.21. The van der Waals surface area contributed by atoms with Crippen molar-refractivity contribution in [2.24, 2.45) is 5.92 Å². The molecule has 1 aromatic carbocycles. The average molecular weight is 465 g/mol. The van der Waals surface area contributed by atoms with Crippen LogP contribution in [0.1, 0.15) is 42.6 Å². The lowest BCUT2D eigenvalue weighted by Gasteiger charge is -2.32. The number of carbonyl (C=O) groups is 1. The van der Waals surface area contributed by atoms with E-state index in [0.29, 0.717) is 30.5 Å². The molecular weight excluding hydrogens is 428 g/mol. The van der Waals surface area contributed by atoms with Crippen molar-refractivity contribution in [3.05, 3.63) is 71.5 Å². The second-order valence-electron chi connectivity index (χ2n) is 8.41. The maximum atomic E-state index is 12.6. The lowest BCUT2D eigenvalue weighted by Crippen LogP contribution is -2.39. The zero-order chi connectivity index (χ0) is 24.3. The predicted octanol–water partition coefficient (Wildman–Crippen LogP) is 4.14. The van der Waals surface area contributed by atoms with Gasteiger partial charge in [-0.25, -0.2) is 0 Å². The number of ether oxygens (including phenoxy) is 2. The minimum absolute atomic E-state index is 0.151. The smallest absolute Gasteiger partial charge is 0.251 e. The highest BCUT2D eigenvalue weighted by atomic mass is 16.5. The molecule has 1 amide bonds. The highest BCUT2D eigenvalue weighted by molar-refractivity contribution is 5.95. The molecule has 2 aromatic rings. The van der Waals surface area contributed by atoms with E-state index in [0.717, 1.165) is 43.8 Å². The molecule has 3 rings (SSSR count). The van der Waals surface area contributed by atoms with Gasteiger partial charge in [-0.05, 0) is 69.0 Å². The standard InChI is InChI=1S/C27H36N4O3/c1-4-21(22-9-7-6-8-10-22)15-24(33-3)19-31-13-11-20(12-14-31)18-29-27(32)23-16-25(28)30-26(17-23)34-5-2/h4,6-10,15-17,20H,5,11-14,18-19H2,1-3H3,(H2,28,30)(H,29,32)/b21-4+,24-15-. The monoisotopic (exact) mass is 464 g/mol. The van der Waals surface area contributed by atoms with Gasteiger partial charge in [-0.1, -0.05) is 36.4 Å². The summed E-state index contributed by atoms with van der Waals surface area (Å²) in [5, 5.41) is 3.04. The summed E-state index contributed by atoms with van der Waals surface area (Å²) in [7, 11) is 1.73. The number of nitrogens with two attached hydrogens (primary N) is 1. The van der Waals surface area contributed by atoms with Crippen LogP contribution in [0.3, 0.4) is 0 Å². The Morgan fingerprint density at radius 3 is 2.59 bits per heavy atom. The van der Waals surface area contributed by atoms with Gasteiger partial charge in [0.2, 0.25) is 5.88 Å². The van der Waals surface area contributed by atoms with Crippen LogP contribution in [-0.4, -0.2) is 55.7 Å². The van der Waals surface area contributed by atoms with E-state index in [1.165, 1.54) is 5.56 Å². The molecule has 0 bridgehead atoms. The van der Waals surface area contributed by atoms with Crippen molar-refractivity contribution in [2.75, 3.05) is 45.6 Å². The molecule has 1 aliphatic heterocycles. The van der Waals surface area contributed by atoms with Crippen molar-refractivity contribution >= 4 is 17.3 Å². The molecule has 0 unspecified atom stereocenters. The van der Waals surface area contributed by atoms with E-state index in [9.17, 15) is 4.79 Å². The molecule has 182 valence electrons. The number of aromatic nitrogens is 1. The van der Waals surface area contributed by atoms with Crippen molar-refractivity contribution in [1.29, 1.82) is 0 Å². The lowest BCUT2D eigenvalue weighted by molar-refractivity contribution is 0.0934. The first kappa shape index (κ1) is 25.3. The van der Waals surface area contributed by atoms with Gasteiger partial charge in [-0.2, -0.15) is 4.98 Å².